The molecule has 1 aliphatic rings. The van der Waals surface area contributed by atoms with Crippen LogP contribution >= 0.6 is 0 Å². The Morgan fingerprint density at radius 2 is 2.09 bits per heavy atom. The van der Waals surface area contributed by atoms with E-state index in [0.717, 1.165) is 19.3 Å². The molecule has 1 saturated carbocycles. The number of Topliss-reactive ketones (excluding diaryl/α,β-unsaturated/α-hetero) is 1. The fraction of sp³-hybridized carbons (Fsp3) is 0.900. The molecule has 0 bridgehead atoms. The number of hydrogen-bond donors (Lipinski definition) is 0. The van der Waals surface area contributed by atoms with Crippen LogP contribution in [0.25, 0.3) is 0 Å². The van der Waals surface area contributed by atoms with Crippen LogP contribution in [-0.4, -0.2) is 5.78 Å². The molecule has 0 saturated heterocycles. The minimum absolute atomic E-state index is 0.301. The lowest BCUT2D eigenvalue weighted by atomic mass is 9.68. The van der Waals surface area contributed by atoms with Crippen LogP contribution in [0.4, 0.5) is 0 Å². The lowest BCUT2D eigenvalue weighted by molar-refractivity contribution is -0.124. The van der Waals surface area contributed by atoms with E-state index < -0.39 is 0 Å². The zero-order chi connectivity index (χ0) is 8.48. The van der Waals surface area contributed by atoms with Crippen molar-refractivity contribution >= 4 is 5.78 Å². The Bertz CT molecular complexity index is 160. The van der Waals surface area contributed by atoms with Crippen LogP contribution in [0, 0.1) is 11.3 Å². The molecule has 0 amide bonds. The molecule has 0 radical (unpaired) electrons. The van der Waals surface area contributed by atoms with Crippen LogP contribution in [0.15, 0.2) is 0 Å². The molecule has 0 aromatic rings. The molecule has 1 nitrogen and oxygen atoms in total. The Kier molecular flexibility index (Phi) is 2.36. The average Bonchev–Trinajstić information content (AvgIpc) is 1.86. The fourth-order valence-electron chi connectivity index (χ4n) is 1.81. The van der Waals surface area contributed by atoms with E-state index in [1.807, 2.05) is 0 Å². The maximum atomic E-state index is 11.2. The first-order valence-corrected chi connectivity index (χ1v) is 4.56. The van der Waals surface area contributed by atoms with E-state index >= 15 is 0 Å². The van der Waals surface area contributed by atoms with E-state index in [2.05, 4.69) is 20.8 Å². The van der Waals surface area contributed by atoms with Crippen molar-refractivity contribution in [3.8, 4) is 0 Å². The van der Waals surface area contributed by atoms with Gasteiger partial charge in [-0.25, -0.2) is 0 Å². The highest BCUT2D eigenvalue weighted by Gasteiger charge is 2.33. The van der Waals surface area contributed by atoms with Gasteiger partial charge in [-0.3, -0.25) is 4.79 Å². The summed E-state index contributed by atoms with van der Waals surface area (Å²) in [5.41, 5.74) is 0.301. The molecule has 1 unspecified atom stereocenters. The van der Waals surface area contributed by atoms with E-state index in [9.17, 15) is 4.79 Å². The minimum Gasteiger partial charge on any atom is -0.300 e. The van der Waals surface area contributed by atoms with Crippen molar-refractivity contribution in [1.29, 1.82) is 0 Å². The number of rotatable bonds is 1. The maximum Gasteiger partial charge on any atom is 0.133 e. The van der Waals surface area contributed by atoms with Crippen LogP contribution in [0.5, 0.6) is 0 Å². The highest BCUT2D eigenvalue weighted by atomic mass is 16.1. The highest BCUT2D eigenvalue weighted by Crippen LogP contribution is 2.40. The SMILES string of the molecule is CC(C)C1(C)CCCC(=O)C1. The summed E-state index contributed by atoms with van der Waals surface area (Å²) in [4.78, 5) is 11.2. The summed E-state index contributed by atoms with van der Waals surface area (Å²) < 4.78 is 0. The fourth-order valence-corrected chi connectivity index (χ4v) is 1.81. The largest absolute Gasteiger partial charge is 0.300 e. The third kappa shape index (κ3) is 1.82. The van der Waals surface area contributed by atoms with Gasteiger partial charge in [-0.05, 0) is 24.2 Å². The van der Waals surface area contributed by atoms with E-state index in [0.29, 0.717) is 17.1 Å². The predicted octanol–water partition coefficient (Wildman–Crippen LogP) is 2.79. The van der Waals surface area contributed by atoms with Crippen LogP contribution in [-0.2, 0) is 4.79 Å². The van der Waals surface area contributed by atoms with Crippen molar-refractivity contribution in [3.05, 3.63) is 0 Å². The van der Waals surface area contributed by atoms with Gasteiger partial charge in [-0.2, -0.15) is 0 Å². The lowest BCUT2D eigenvalue weighted by Gasteiger charge is -2.36. The Morgan fingerprint density at radius 1 is 1.45 bits per heavy atom. The van der Waals surface area contributed by atoms with Crippen LogP contribution < -0.4 is 0 Å². The van der Waals surface area contributed by atoms with Crippen molar-refractivity contribution < 1.29 is 4.79 Å². The summed E-state index contributed by atoms with van der Waals surface area (Å²) in [6.07, 6.45) is 3.97. The third-order valence-corrected chi connectivity index (χ3v) is 3.20. The molecular formula is C10H18O. The molecule has 0 aliphatic heterocycles. The molecule has 0 aromatic carbocycles. The Labute approximate surface area is 69.2 Å². The van der Waals surface area contributed by atoms with Gasteiger partial charge in [0.1, 0.15) is 5.78 Å². The standard InChI is InChI=1S/C10H18O/c1-8(2)10(3)6-4-5-9(11)7-10/h8H,4-7H2,1-3H3. The molecular weight excluding hydrogens is 136 g/mol. The van der Waals surface area contributed by atoms with Gasteiger partial charge < -0.3 is 0 Å². The summed E-state index contributed by atoms with van der Waals surface area (Å²) in [6, 6.07) is 0. The quantitative estimate of drug-likeness (QED) is 0.567. The topological polar surface area (TPSA) is 17.1 Å². The van der Waals surface area contributed by atoms with Crippen LogP contribution in [0.1, 0.15) is 46.5 Å². The number of carbonyl (C=O) groups excluding carboxylic acids is 1. The second-order valence-electron chi connectivity index (χ2n) is 4.38. The molecule has 0 heterocycles. The summed E-state index contributed by atoms with van der Waals surface area (Å²) in [7, 11) is 0. The number of hydrogen-bond acceptors (Lipinski definition) is 1. The van der Waals surface area contributed by atoms with Gasteiger partial charge in [-0.1, -0.05) is 20.8 Å². The molecule has 1 aliphatic carbocycles. The number of carbonyl (C=O) groups is 1. The van der Waals surface area contributed by atoms with E-state index in [-0.39, 0.29) is 0 Å². The average molecular weight is 154 g/mol. The van der Waals surface area contributed by atoms with Gasteiger partial charge in [-0.15, -0.1) is 0 Å². The lowest BCUT2D eigenvalue weighted by Crippen LogP contribution is -2.30. The summed E-state index contributed by atoms with van der Waals surface area (Å²) in [6.45, 7) is 6.69. The second-order valence-corrected chi connectivity index (χ2v) is 4.38. The van der Waals surface area contributed by atoms with Crippen molar-refractivity contribution in [2.45, 2.75) is 46.5 Å². The molecule has 1 rings (SSSR count). The van der Waals surface area contributed by atoms with Gasteiger partial charge in [0, 0.05) is 12.8 Å². The summed E-state index contributed by atoms with van der Waals surface area (Å²) in [5, 5.41) is 0. The first-order chi connectivity index (χ1) is 5.04. The molecule has 64 valence electrons. The molecule has 0 N–H and O–H groups in total. The molecule has 0 spiro atoms. The van der Waals surface area contributed by atoms with Crippen molar-refractivity contribution in [1.82, 2.24) is 0 Å². The van der Waals surface area contributed by atoms with Crippen molar-refractivity contribution in [2.24, 2.45) is 11.3 Å². The van der Waals surface area contributed by atoms with Gasteiger partial charge in [0.15, 0.2) is 0 Å². The maximum absolute atomic E-state index is 11.2. The second kappa shape index (κ2) is 2.96. The van der Waals surface area contributed by atoms with E-state index in [4.69, 9.17) is 0 Å². The van der Waals surface area contributed by atoms with Crippen molar-refractivity contribution in [2.75, 3.05) is 0 Å². The normalized spacial score (nSPS) is 32.9. The summed E-state index contributed by atoms with van der Waals surface area (Å²) >= 11 is 0. The number of ketones is 1. The van der Waals surface area contributed by atoms with Crippen LogP contribution in [0.2, 0.25) is 0 Å². The van der Waals surface area contributed by atoms with Gasteiger partial charge in [0.05, 0.1) is 0 Å². The van der Waals surface area contributed by atoms with Gasteiger partial charge in [0.25, 0.3) is 0 Å². The van der Waals surface area contributed by atoms with E-state index in [1.165, 1.54) is 6.42 Å². The summed E-state index contributed by atoms with van der Waals surface area (Å²) in [5.74, 6) is 1.11. The molecule has 0 aromatic heterocycles. The Morgan fingerprint density at radius 3 is 2.45 bits per heavy atom. The first kappa shape index (κ1) is 8.76. The Balaban J connectivity index is 2.62. The van der Waals surface area contributed by atoms with Gasteiger partial charge >= 0.3 is 0 Å². The highest BCUT2D eigenvalue weighted by molar-refractivity contribution is 5.79. The van der Waals surface area contributed by atoms with Crippen molar-refractivity contribution in [3.63, 3.8) is 0 Å². The minimum atomic E-state index is 0.301. The molecule has 1 heteroatoms. The molecule has 1 fully saturated rings. The van der Waals surface area contributed by atoms with Crippen LogP contribution in [0.3, 0.4) is 0 Å². The molecule has 11 heavy (non-hydrogen) atoms. The Hall–Kier alpha value is -0.330. The predicted molar refractivity (Wildman–Crippen MR) is 46.4 cm³/mol. The molecule has 1 atom stereocenters. The first-order valence-electron chi connectivity index (χ1n) is 4.56. The monoisotopic (exact) mass is 154 g/mol. The zero-order valence-electron chi connectivity index (χ0n) is 7.81. The third-order valence-electron chi connectivity index (χ3n) is 3.20. The van der Waals surface area contributed by atoms with E-state index in [1.54, 1.807) is 0 Å². The zero-order valence-corrected chi connectivity index (χ0v) is 7.81. The van der Waals surface area contributed by atoms with Gasteiger partial charge in [0.2, 0.25) is 0 Å². The smallest absolute Gasteiger partial charge is 0.133 e.